The van der Waals surface area contributed by atoms with Gasteiger partial charge in [0.2, 0.25) is 0 Å². The van der Waals surface area contributed by atoms with Crippen molar-refractivity contribution in [3.05, 3.63) is 16.6 Å². The topological polar surface area (TPSA) is 54.8 Å². The van der Waals surface area contributed by atoms with E-state index in [0.29, 0.717) is 19.8 Å². The molecule has 19 heavy (non-hydrogen) atoms. The molecule has 2 atom stereocenters. The minimum absolute atomic E-state index is 0.222. The van der Waals surface area contributed by atoms with E-state index in [1.165, 1.54) is 0 Å². The van der Waals surface area contributed by atoms with E-state index < -0.39 is 6.10 Å². The van der Waals surface area contributed by atoms with Crippen LogP contribution in [0.5, 0.6) is 0 Å². The second kappa shape index (κ2) is 7.91. The van der Waals surface area contributed by atoms with Crippen molar-refractivity contribution in [3.63, 3.8) is 0 Å². The molecule has 0 spiro atoms. The van der Waals surface area contributed by atoms with Crippen LogP contribution in [0.15, 0.2) is 10.9 Å². The fraction of sp³-hybridized carbons (Fsp3) is 0.769. The number of likely N-dealkylation sites (N-methyl/N-ethyl adjacent to an activating group) is 1. The first-order valence-electron chi connectivity index (χ1n) is 6.67. The number of aromatic nitrogens is 1. The van der Waals surface area contributed by atoms with Gasteiger partial charge in [-0.15, -0.1) is 11.3 Å². The number of aliphatic hydroxyl groups excluding tert-OH is 1. The Hall–Kier alpha value is -0.530. The van der Waals surface area contributed by atoms with Crippen LogP contribution in [-0.2, 0) is 16.0 Å². The third-order valence-electron chi connectivity index (χ3n) is 3.08. The van der Waals surface area contributed by atoms with E-state index in [1.807, 2.05) is 17.9 Å². The summed E-state index contributed by atoms with van der Waals surface area (Å²) < 4.78 is 11.0. The zero-order chi connectivity index (χ0) is 13.5. The fourth-order valence-electron chi connectivity index (χ4n) is 2.18. The smallest absolute Gasteiger partial charge is 0.0900 e. The van der Waals surface area contributed by atoms with Crippen LogP contribution in [0.3, 0.4) is 0 Å². The summed E-state index contributed by atoms with van der Waals surface area (Å²) in [5, 5.41) is 11.9. The van der Waals surface area contributed by atoms with Gasteiger partial charge in [0, 0.05) is 25.1 Å². The first kappa shape index (κ1) is 14.9. The van der Waals surface area contributed by atoms with Crippen molar-refractivity contribution in [1.29, 1.82) is 0 Å². The standard InChI is InChI=1S/C13H22N2O3S/c1-15(5-11-9-19-10-14-11)6-12(16)7-17-8-13-3-2-4-18-13/h9-10,12-13,16H,2-8H2,1H3/t12-,13-/m0/s1. The van der Waals surface area contributed by atoms with E-state index in [-0.39, 0.29) is 6.10 Å². The van der Waals surface area contributed by atoms with Crippen LogP contribution in [-0.4, -0.2) is 60.6 Å². The highest BCUT2D eigenvalue weighted by Gasteiger charge is 2.16. The van der Waals surface area contributed by atoms with Gasteiger partial charge in [-0.3, -0.25) is 4.90 Å². The molecule has 0 radical (unpaired) electrons. The van der Waals surface area contributed by atoms with Crippen LogP contribution in [0.25, 0.3) is 0 Å². The maximum Gasteiger partial charge on any atom is 0.0900 e. The van der Waals surface area contributed by atoms with Gasteiger partial charge >= 0.3 is 0 Å². The van der Waals surface area contributed by atoms with Crippen molar-refractivity contribution in [2.45, 2.75) is 31.6 Å². The summed E-state index contributed by atoms with van der Waals surface area (Å²) in [7, 11) is 1.97. The first-order valence-corrected chi connectivity index (χ1v) is 7.61. The number of aliphatic hydroxyl groups is 1. The highest BCUT2D eigenvalue weighted by Crippen LogP contribution is 2.12. The molecule has 0 bridgehead atoms. The molecular weight excluding hydrogens is 264 g/mol. The zero-order valence-electron chi connectivity index (χ0n) is 11.3. The summed E-state index contributed by atoms with van der Waals surface area (Å²) in [6.45, 7) is 3.14. The third kappa shape index (κ3) is 5.54. The van der Waals surface area contributed by atoms with Gasteiger partial charge in [0.05, 0.1) is 36.6 Å². The molecule has 1 aliphatic rings. The Labute approximate surface area is 118 Å². The lowest BCUT2D eigenvalue weighted by molar-refractivity contribution is -0.0239. The van der Waals surface area contributed by atoms with Gasteiger partial charge < -0.3 is 14.6 Å². The molecule has 2 heterocycles. The quantitative estimate of drug-likeness (QED) is 0.776. The SMILES string of the molecule is CN(Cc1cscn1)C[C@H](O)COC[C@@H]1CCCO1. The van der Waals surface area contributed by atoms with Crippen molar-refractivity contribution in [1.82, 2.24) is 9.88 Å². The molecule has 1 N–H and O–H groups in total. The lowest BCUT2D eigenvalue weighted by Gasteiger charge is -2.20. The summed E-state index contributed by atoms with van der Waals surface area (Å²) in [6.07, 6.45) is 1.94. The monoisotopic (exact) mass is 286 g/mol. The number of rotatable bonds is 8. The van der Waals surface area contributed by atoms with Crippen LogP contribution >= 0.6 is 11.3 Å². The molecule has 5 nitrogen and oxygen atoms in total. The van der Waals surface area contributed by atoms with Gasteiger partial charge in [0.1, 0.15) is 0 Å². The molecule has 0 saturated carbocycles. The number of thiazole rings is 1. The molecule has 6 heteroatoms. The molecule has 2 rings (SSSR count). The van der Waals surface area contributed by atoms with Gasteiger partial charge in [0.15, 0.2) is 0 Å². The second-order valence-corrected chi connectivity index (χ2v) is 5.72. The van der Waals surface area contributed by atoms with E-state index in [9.17, 15) is 5.11 Å². The van der Waals surface area contributed by atoms with Gasteiger partial charge in [0.25, 0.3) is 0 Å². The number of hydrogen-bond acceptors (Lipinski definition) is 6. The molecule has 1 fully saturated rings. The van der Waals surface area contributed by atoms with Crippen molar-refractivity contribution in [2.24, 2.45) is 0 Å². The largest absolute Gasteiger partial charge is 0.389 e. The van der Waals surface area contributed by atoms with Gasteiger partial charge in [-0.1, -0.05) is 0 Å². The first-order chi connectivity index (χ1) is 9.24. The highest BCUT2D eigenvalue weighted by atomic mass is 32.1. The molecule has 0 aliphatic carbocycles. The Bertz CT molecular complexity index is 342. The Morgan fingerprint density at radius 1 is 1.68 bits per heavy atom. The van der Waals surface area contributed by atoms with Crippen LogP contribution < -0.4 is 0 Å². The average Bonchev–Trinajstić information content (AvgIpc) is 3.01. The summed E-state index contributed by atoms with van der Waals surface area (Å²) in [5.41, 5.74) is 2.87. The fourth-order valence-corrected chi connectivity index (χ4v) is 2.73. The molecule has 0 aromatic carbocycles. The van der Waals surface area contributed by atoms with Crippen molar-refractivity contribution < 1.29 is 14.6 Å². The highest BCUT2D eigenvalue weighted by molar-refractivity contribution is 7.07. The van der Waals surface area contributed by atoms with Crippen LogP contribution in [0.2, 0.25) is 0 Å². The second-order valence-electron chi connectivity index (χ2n) is 5.00. The molecule has 1 aliphatic heterocycles. The molecule has 0 unspecified atom stereocenters. The van der Waals surface area contributed by atoms with E-state index in [1.54, 1.807) is 11.3 Å². The van der Waals surface area contributed by atoms with Gasteiger partial charge in [-0.2, -0.15) is 0 Å². The minimum atomic E-state index is -0.468. The maximum absolute atomic E-state index is 9.90. The van der Waals surface area contributed by atoms with Crippen LogP contribution in [0.4, 0.5) is 0 Å². The van der Waals surface area contributed by atoms with Crippen LogP contribution in [0, 0.1) is 0 Å². The van der Waals surface area contributed by atoms with E-state index in [0.717, 1.165) is 31.7 Å². The number of hydrogen-bond donors (Lipinski definition) is 1. The summed E-state index contributed by atoms with van der Waals surface area (Å²) in [4.78, 5) is 6.28. The van der Waals surface area contributed by atoms with Crippen molar-refractivity contribution >= 4 is 11.3 Å². The van der Waals surface area contributed by atoms with Gasteiger partial charge in [-0.25, -0.2) is 4.98 Å². The molecule has 1 saturated heterocycles. The maximum atomic E-state index is 9.90. The zero-order valence-corrected chi connectivity index (χ0v) is 12.1. The molecule has 108 valence electrons. The predicted molar refractivity (Wildman–Crippen MR) is 74.2 cm³/mol. The summed E-state index contributed by atoms with van der Waals surface area (Å²) >= 11 is 1.59. The van der Waals surface area contributed by atoms with Crippen molar-refractivity contribution in [3.8, 4) is 0 Å². The lowest BCUT2D eigenvalue weighted by Crippen LogP contribution is -2.32. The third-order valence-corrected chi connectivity index (χ3v) is 3.71. The average molecular weight is 286 g/mol. The lowest BCUT2D eigenvalue weighted by atomic mass is 10.2. The Kier molecular flexibility index (Phi) is 6.19. The van der Waals surface area contributed by atoms with E-state index >= 15 is 0 Å². The van der Waals surface area contributed by atoms with E-state index in [2.05, 4.69) is 9.88 Å². The molecule has 1 aromatic rings. The number of ether oxygens (including phenoxy) is 2. The van der Waals surface area contributed by atoms with Crippen LogP contribution in [0.1, 0.15) is 18.5 Å². The predicted octanol–water partition coefficient (Wildman–Crippen LogP) is 1.13. The Balaban J connectivity index is 1.56. The summed E-state index contributed by atoms with van der Waals surface area (Å²) in [5.74, 6) is 0. The van der Waals surface area contributed by atoms with Crippen molar-refractivity contribution in [2.75, 3.05) is 33.4 Å². The summed E-state index contributed by atoms with van der Waals surface area (Å²) in [6, 6.07) is 0. The Morgan fingerprint density at radius 3 is 3.26 bits per heavy atom. The number of nitrogens with zero attached hydrogens (tertiary/aromatic N) is 2. The van der Waals surface area contributed by atoms with E-state index in [4.69, 9.17) is 9.47 Å². The minimum Gasteiger partial charge on any atom is -0.389 e. The normalized spacial score (nSPS) is 21.1. The molecular formula is C13H22N2O3S. The Morgan fingerprint density at radius 2 is 2.58 bits per heavy atom. The molecule has 0 amide bonds. The molecule has 1 aromatic heterocycles. The van der Waals surface area contributed by atoms with Gasteiger partial charge in [-0.05, 0) is 19.9 Å².